The van der Waals surface area contributed by atoms with Crippen LogP contribution in [0, 0.1) is 13.8 Å². The lowest BCUT2D eigenvalue weighted by Crippen LogP contribution is -1.96. The SMILES string of the molecule is CC(=O)c1ccc(Oc2cc(C)nc(SCc3ccc(C)cc3)n2)cc1. The lowest BCUT2D eigenvalue weighted by Gasteiger charge is -2.08. The molecule has 0 bridgehead atoms. The highest BCUT2D eigenvalue weighted by Crippen LogP contribution is 2.25. The Morgan fingerprint density at radius 2 is 1.69 bits per heavy atom. The molecule has 0 aliphatic rings. The maximum Gasteiger partial charge on any atom is 0.223 e. The number of thioether (sulfide) groups is 1. The van der Waals surface area contributed by atoms with Gasteiger partial charge in [-0.1, -0.05) is 41.6 Å². The second-order valence-corrected chi connectivity index (χ2v) is 7.03. The fourth-order valence-corrected chi connectivity index (χ4v) is 3.19. The third-order valence-electron chi connectivity index (χ3n) is 3.78. The molecule has 0 N–H and O–H groups in total. The van der Waals surface area contributed by atoms with Crippen molar-refractivity contribution in [2.75, 3.05) is 0 Å². The largest absolute Gasteiger partial charge is 0.439 e. The number of benzene rings is 2. The van der Waals surface area contributed by atoms with E-state index in [1.54, 1.807) is 49.0 Å². The van der Waals surface area contributed by atoms with E-state index in [-0.39, 0.29) is 5.78 Å². The second kappa shape index (κ2) is 8.15. The van der Waals surface area contributed by atoms with Gasteiger partial charge in [-0.2, -0.15) is 4.98 Å². The summed E-state index contributed by atoms with van der Waals surface area (Å²) in [6.45, 7) is 5.54. The molecule has 1 aromatic heterocycles. The van der Waals surface area contributed by atoms with Gasteiger partial charge in [-0.3, -0.25) is 4.79 Å². The van der Waals surface area contributed by atoms with Crippen LogP contribution < -0.4 is 4.74 Å². The summed E-state index contributed by atoms with van der Waals surface area (Å²) >= 11 is 1.58. The van der Waals surface area contributed by atoms with Gasteiger partial charge < -0.3 is 4.74 Å². The summed E-state index contributed by atoms with van der Waals surface area (Å²) in [7, 11) is 0. The summed E-state index contributed by atoms with van der Waals surface area (Å²) in [5.74, 6) is 1.97. The van der Waals surface area contributed by atoms with E-state index in [1.807, 2.05) is 6.92 Å². The third-order valence-corrected chi connectivity index (χ3v) is 4.70. The van der Waals surface area contributed by atoms with Crippen LogP contribution in [0.5, 0.6) is 11.6 Å². The van der Waals surface area contributed by atoms with Gasteiger partial charge in [-0.05, 0) is 50.6 Å². The Hall–Kier alpha value is -2.66. The zero-order chi connectivity index (χ0) is 18.5. The Morgan fingerprint density at radius 3 is 2.35 bits per heavy atom. The smallest absolute Gasteiger partial charge is 0.223 e. The summed E-state index contributed by atoms with van der Waals surface area (Å²) in [5, 5.41) is 0.681. The van der Waals surface area contributed by atoms with Crippen molar-refractivity contribution >= 4 is 17.5 Å². The van der Waals surface area contributed by atoms with Crippen LogP contribution in [0.25, 0.3) is 0 Å². The lowest BCUT2D eigenvalue weighted by atomic mass is 10.1. The van der Waals surface area contributed by atoms with Crippen molar-refractivity contribution in [1.29, 1.82) is 0 Å². The van der Waals surface area contributed by atoms with E-state index in [1.165, 1.54) is 11.1 Å². The van der Waals surface area contributed by atoms with Crippen molar-refractivity contribution in [1.82, 2.24) is 9.97 Å². The highest BCUT2D eigenvalue weighted by molar-refractivity contribution is 7.98. The summed E-state index contributed by atoms with van der Waals surface area (Å²) in [6.07, 6.45) is 0. The molecular weight excluding hydrogens is 344 g/mol. The minimum absolute atomic E-state index is 0.0317. The molecule has 3 rings (SSSR count). The highest BCUT2D eigenvalue weighted by atomic mass is 32.2. The number of nitrogens with zero attached hydrogens (tertiary/aromatic N) is 2. The molecule has 1 heterocycles. The summed E-state index contributed by atoms with van der Waals surface area (Å²) in [5.41, 5.74) is 3.98. The van der Waals surface area contributed by atoms with Gasteiger partial charge in [-0.25, -0.2) is 4.98 Å². The molecule has 3 aromatic rings. The molecule has 0 fully saturated rings. The van der Waals surface area contributed by atoms with Gasteiger partial charge in [0.05, 0.1) is 0 Å². The van der Waals surface area contributed by atoms with Gasteiger partial charge in [0.1, 0.15) is 5.75 Å². The predicted molar refractivity (Wildman–Crippen MR) is 104 cm³/mol. The molecular formula is C21H20N2O2S. The molecule has 0 unspecified atom stereocenters. The Labute approximate surface area is 157 Å². The summed E-state index contributed by atoms with van der Waals surface area (Å²) in [6, 6.07) is 17.3. The van der Waals surface area contributed by atoms with Gasteiger partial charge in [0.15, 0.2) is 10.9 Å². The quantitative estimate of drug-likeness (QED) is 0.334. The van der Waals surface area contributed by atoms with Gasteiger partial charge in [0, 0.05) is 23.1 Å². The monoisotopic (exact) mass is 364 g/mol. The number of ketones is 1. The van der Waals surface area contributed by atoms with Crippen molar-refractivity contribution in [3.8, 4) is 11.6 Å². The highest BCUT2D eigenvalue weighted by Gasteiger charge is 2.07. The molecule has 0 amide bonds. The molecule has 4 nitrogen and oxygen atoms in total. The number of hydrogen-bond donors (Lipinski definition) is 0. The number of rotatable bonds is 6. The van der Waals surface area contributed by atoms with Crippen LogP contribution in [0.3, 0.4) is 0 Å². The first-order valence-electron chi connectivity index (χ1n) is 8.32. The average molecular weight is 364 g/mol. The van der Waals surface area contributed by atoms with Gasteiger partial charge in [-0.15, -0.1) is 0 Å². The summed E-state index contributed by atoms with van der Waals surface area (Å²) in [4.78, 5) is 20.3. The maximum absolute atomic E-state index is 11.3. The fraction of sp³-hybridized carbons (Fsp3) is 0.190. The van der Waals surface area contributed by atoms with Gasteiger partial charge in [0.25, 0.3) is 0 Å². The zero-order valence-electron chi connectivity index (χ0n) is 15.0. The van der Waals surface area contributed by atoms with Crippen molar-refractivity contribution in [3.63, 3.8) is 0 Å². The van der Waals surface area contributed by atoms with Crippen LogP contribution in [0.15, 0.2) is 59.8 Å². The minimum Gasteiger partial charge on any atom is -0.439 e. The molecule has 132 valence electrons. The first-order chi connectivity index (χ1) is 12.5. The van der Waals surface area contributed by atoms with Crippen LogP contribution in [0.1, 0.15) is 34.1 Å². The zero-order valence-corrected chi connectivity index (χ0v) is 15.8. The fourth-order valence-electron chi connectivity index (χ4n) is 2.34. The van der Waals surface area contributed by atoms with Gasteiger partial charge >= 0.3 is 0 Å². The molecule has 0 aliphatic heterocycles. The van der Waals surface area contributed by atoms with E-state index in [2.05, 4.69) is 41.2 Å². The standard InChI is InChI=1S/C21H20N2O2S/c1-14-4-6-17(7-5-14)13-26-21-22-15(2)12-20(23-21)25-19-10-8-18(9-11-19)16(3)24/h4-12H,13H2,1-3H3. The molecule has 0 saturated carbocycles. The molecule has 0 spiro atoms. The average Bonchev–Trinajstić information content (AvgIpc) is 2.61. The number of ether oxygens (including phenoxy) is 1. The molecule has 0 saturated heterocycles. The van der Waals surface area contributed by atoms with Crippen LogP contribution in [-0.4, -0.2) is 15.8 Å². The third kappa shape index (κ3) is 4.92. The van der Waals surface area contributed by atoms with E-state index < -0.39 is 0 Å². The van der Waals surface area contributed by atoms with E-state index in [0.717, 1.165) is 11.4 Å². The van der Waals surface area contributed by atoms with Crippen LogP contribution >= 0.6 is 11.8 Å². The number of hydrogen-bond acceptors (Lipinski definition) is 5. The van der Waals surface area contributed by atoms with Crippen LogP contribution in [-0.2, 0) is 5.75 Å². The van der Waals surface area contributed by atoms with E-state index in [4.69, 9.17) is 4.74 Å². The number of carbonyl (C=O) groups excluding carboxylic acids is 1. The Morgan fingerprint density at radius 1 is 1.00 bits per heavy atom. The van der Waals surface area contributed by atoms with E-state index in [9.17, 15) is 4.79 Å². The van der Waals surface area contributed by atoms with Crippen molar-refractivity contribution in [3.05, 3.63) is 77.0 Å². The molecule has 0 atom stereocenters. The Kier molecular flexibility index (Phi) is 5.68. The van der Waals surface area contributed by atoms with E-state index >= 15 is 0 Å². The molecule has 26 heavy (non-hydrogen) atoms. The van der Waals surface area contributed by atoms with Crippen LogP contribution in [0.4, 0.5) is 0 Å². The molecule has 0 aliphatic carbocycles. The predicted octanol–water partition coefficient (Wildman–Crippen LogP) is 5.38. The molecule has 0 radical (unpaired) electrons. The second-order valence-electron chi connectivity index (χ2n) is 6.09. The molecule has 2 aromatic carbocycles. The van der Waals surface area contributed by atoms with Crippen LogP contribution in [0.2, 0.25) is 0 Å². The minimum atomic E-state index is 0.0317. The first kappa shape index (κ1) is 18.1. The number of Topliss-reactive ketones (excluding diaryl/α,β-unsaturated/α-hetero) is 1. The summed E-state index contributed by atoms with van der Waals surface area (Å²) < 4.78 is 5.83. The van der Waals surface area contributed by atoms with E-state index in [0.29, 0.717) is 22.3 Å². The van der Waals surface area contributed by atoms with Crippen molar-refractivity contribution in [2.24, 2.45) is 0 Å². The number of carbonyl (C=O) groups is 1. The number of aryl methyl sites for hydroxylation is 2. The Balaban J connectivity index is 1.70. The maximum atomic E-state index is 11.3. The number of aromatic nitrogens is 2. The van der Waals surface area contributed by atoms with Crippen molar-refractivity contribution in [2.45, 2.75) is 31.7 Å². The lowest BCUT2D eigenvalue weighted by molar-refractivity contribution is 0.101. The topological polar surface area (TPSA) is 52.1 Å². The Bertz CT molecular complexity index is 906. The van der Waals surface area contributed by atoms with Gasteiger partial charge in [0.2, 0.25) is 5.88 Å². The van der Waals surface area contributed by atoms with Crippen molar-refractivity contribution < 1.29 is 9.53 Å². The normalized spacial score (nSPS) is 10.6. The molecule has 5 heteroatoms. The first-order valence-corrected chi connectivity index (χ1v) is 9.31.